The summed E-state index contributed by atoms with van der Waals surface area (Å²) in [6.45, 7) is 6.52. The molecule has 0 amide bonds. The van der Waals surface area contributed by atoms with Gasteiger partial charge in [0.2, 0.25) is 0 Å². The number of halogens is 1. The van der Waals surface area contributed by atoms with Gasteiger partial charge in [-0.05, 0) is 43.7 Å². The average Bonchev–Trinajstić information content (AvgIpc) is 2.84. The number of nitrogens with zero attached hydrogens (tertiary/aromatic N) is 2. The fourth-order valence-electron chi connectivity index (χ4n) is 2.14. The van der Waals surface area contributed by atoms with E-state index in [4.69, 9.17) is 16.0 Å². The highest BCUT2D eigenvalue weighted by Gasteiger charge is 2.11. The van der Waals surface area contributed by atoms with E-state index in [9.17, 15) is 0 Å². The van der Waals surface area contributed by atoms with Gasteiger partial charge in [-0.1, -0.05) is 18.5 Å². The molecule has 0 saturated heterocycles. The first kappa shape index (κ1) is 15.9. The molecule has 2 rings (SSSR count). The molecule has 4 nitrogen and oxygen atoms in total. The molecule has 5 heteroatoms. The molecule has 0 radical (unpaired) electrons. The maximum atomic E-state index is 6.35. The lowest BCUT2D eigenvalue weighted by Crippen LogP contribution is -2.18. The fraction of sp³-hybridized carbons (Fsp3) is 0.438. The second kappa shape index (κ2) is 7.48. The molecule has 2 aromatic rings. The molecule has 1 N–H and O–H groups in total. The third-order valence-electron chi connectivity index (χ3n) is 3.18. The van der Waals surface area contributed by atoms with E-state index in [-0.39, 0.29) is 0 Å². The van der Waals surface area contributed by atoms with Crippen LogP contribution < -0.4 is 10.2 Å². The quantitative estimate of drug-likeness (QED) is 0.791. The number of nitrogens with one attached hydrogen (secondary N) is 1. The zero-order valence-corrected chi connectivity index (χ0v) is 13.6. The van der Waals surface area contributed by atoms with Crippen molar-refractivity contribution in [3.05, 3.63) is 46.5 Å². The summed E-state index contributed by atoms with van der Waals surface area (Å²) >= 11 is 6.35. The Morgan fingerprint density at radius 3 is 2.81 bits per heavy atom. The Kier molecular flexibility index (Phi) is 5.65. The van der Waals surface area contributed by atoms with Crippen molar-refractivity contribution in [2.45, 2.75) is 33.4 Å². The van der Waals surface area contributed by atoms with Crippen molar-refractivity contribution >= 4 is 17.4 Å². The standard InChI is InChI=1S/C16H22ClN3O/c1-4-7-18-9-13-8-15(17)16(19-10-13)20(3)11-14-6-5-12(2)21-14/h5-6,8,10,18H,4,7,9,11H2,1-3H3. The second-order valence-electron chi connectivity index (χ2n) is 5.19. The molecule has 0 spiro atoms. The summed E-state index contributed by atoms with van der Waals surface area (Å²) in [4.78, 5) is 6.46. The second-order valence-corrected chi connectivity index (χ2v) is 5.60. The van der Waals surface area contributed by atoms with Crippen LogP contribution in [0.4, 0.5) is 5.82 Å². The minimum atomic E-state index is 0.647. The molecular weight excluding hydrogens is 286 g/mol. The van der Waals surface area contributed by atoms with E-state index in [1.165, 1.54) is 0 Å². The van der Waals surface area contributed by atoms with Crippen LogP contribution in [0.2, 0.25) is 5.02 Å². The predicted molar refractivity (Wildman–Crippen MR) is 86.8 cm³/mol. The molecule has 0 aliphatic rings. The van der Waals surface area contributed by atoms with Gasteiger partial charge in [0.25, 0.3) is 0 Å². The van der Waals surface area contributed by atoms with E-state index in [0.29, 0.717) is 11.6 Å². The number of pyridine rings is 1. The van der Waals surface area contributed by atoms with Crippen LogP contribution in [0.1, 0.15) is 30.4 Å². The van der Waals surface area contributed by atoms with Gasteiger partial charge in [-0.15, -0.1) is 0 Å². The summed E-state index contributed by atoms with van der Waals surface area (Å²) < 4.78 is 5.58. The van der Waals surface area contributed by atoms with Gasteiger partial charge in [0.05, 0.1) is 11.6 Å². The van der Waals surface area contributed by atoms with E-state index < -0.39 is 0 Å². The third kappa shape index (κ3) is 4.48. The molecule has 114 valence electrons. The minimum Gasteiger partial charge on any atom is -0.464 e. The van der Waals surface area contributed by atoms with E-state index >= 15 is 0 Å². The van der Waals surface area contributed by atoms with Gasteiger partial charge in [-0.25, -0.2) is 4.98 Å². The van der Waals surface area contributed by atoms with Gasteiger partial charge in [-0.3, -0.25) is 0 Å². The molecule has 0 aliphatic carbocycles. The van der Waals surface area contributed by atoms with Gasteiger partial charge >= 0.3 is 0 Å². The lowest BCUT2D eigenvalue weighted by molar-refractivity contribution is 0.481. The Morgan fingerprint density at radius 2 is 2.19 bits per heavy atom. The highest BCUT2D eigenvalue weighted by molar-refractivity contribution is 6.33. The smallest absolute Gasteiger partial charge is 0.147 e. The molecule has 0 aromatic carbocycles. The highest BCUT2D eigenvalue weighted by Crippen LogP contribution is 2.24. The van der Waals surface area contributed by atoms with Crippen LogP contribution in [0, 0.1) is 6.92 Å². The molecule has 0 atom stereocenters. The van der Waals surface area contributed by atoms with Crippen LogP contribution in [0.25, 0.3) is 0 Å². The Hall–Kier alpha value is -1.52. The molecule has 2 aromatic heterocycles. The van der Waals surface area contributed by atoms with Gasteiger partial charge in [0, 0.05) is 19.8 Å². The number of aromatic nitrogens is 1. The highest BCUT2D eigenvalue weighted by atomic mass is 35.5. The Morgan fingerprint density at radius 1 is 1.38 bits per heavy atom. The van der Waals surface area contributed by atoms with E-state index in [0.717, 1.165) is 42.4 Å². The normalized spacial score (nSPS) is 10.9. The van der Waals surface area contributed by atoms with Gasteiger partial charge in [0.1, 0.15) is 17.3 Å². The first-order valence-corrected chi connectivity index (χ1v) is 7.59. The van der Waals surface area contributed by atoms with E-state index in [1.54, 1.807) is 0 Å². The number of furan rings is 1. The van der Waals surface area contributed by atoms with Crippen molar-refractivity contribution in [2.75, 3.05) is 18.5 Å². The van der Waals surface area contributed by atoms with Crippen molar-refractivity contribution in [3.8, 4) is 0 Å². The van der Waals surface area contributed by atoms with Crippen molar-refractivity contribution in [1.82, 2.24) is 10.3 Å². The summed E-state index contributed by atoms with van der Waals surface area (Å²) in [5, 5.41) is 4.01. The van der Waals surface area contributed by atoms with Crippen molar-refractivity contribution < 1.29 is 4.42 Å². The Bertz CT molecular complexity index is 583. The number of rotatable bonds is 7. The van der Waals surface area contributed by atoms with Crippen LogP contribution in [0.15, 0.2) is 28.8 Å². The number of hydrogen-bond acceptors (Lipinski definition) is 4. The summed E-state index contributed by atoms with van der Waals surface area (Å²) in [5.41, 5.74) is 1.10. The maximum Gasteiger partial charge on any atom is 0.147 e. The van der Waals surface area contributed by atoms with Gasteiger partial charge in [-0.2, -0.15) is 0 Å². The molecule has 21 heavy (non-hydrogen) atoms. The van der Waals surface area contributed by atoms with Gasteiger partial charge in [0.15, 0.2) is 0 Å². The average molecular weight is 308 g/mol. The monoisotopic (exact) mass is 307 g/mol. The fourth-order valence-corrected chi connectivity index (χ4v) is 2.47. The van der Waals surface area contributed by atoms with Crippen molar-refractivity contribution in [1.29, 1.82) is 0 Å². The Balaban J connectivity index is 2.02. The van der Waals surface area contributed by atoms with Crippen LogP contribution >= 0.6 is 11.6 Å². The molecule has 0 unspecified atom stereocenters. The van der Waals surface area contributed by atoms with Crippen LogP contribution in [0.5, 0.6) is 0 Å². The third-order valence-corrected chi connectivity index (χ3v) is 3.46. The van der Waals surface area contributed by atoms with Crippen LogP contribution in [-0.4, -0.2) is 18.6 Å². The van der Waals surface area contributed by atoms with Crippen LogP contribution in [-0.2, 0) is 13.1 Å². The molecule has 0 fully saturated rings. The number of aryl methyl sites for hydroxylation is 1. The minimum absolute atomic E-state index is 0.647. The maximum absolute atomic E-state index is 6.35. The lowest BCUT2D eigenvalue weighted by Gasteiger charge is -2.18. The largest absolute Gasteiger partial charge is 0.464 e. The first-order chi connectivity index (χ1) is 10.1. The zero-order valence-electron chi connectivity index (χ0n) is 12.8. The summed E-state index contributed by atoms with van der Waals surface area (Å²) in [6.07, 6.45) is 2.98. The van der Waals surface area contributed by atoms with E-state index in [1.807, 2.05) is 43.3 Å². The molecule has 2 heterocycles. The first-order valence-electron chi connectivity index (χ1n) is 7.21. The molecule has 0 bridgehead atoms. The predicted octanol–water partition coefficient (Wildman–Crippen LogP) is 3.77. The van der Waals surface area contributed by atoms with Crippen LogP contribution in [0.3, 0.4) is 0 Å². The number of hydrogen-bond donors (Lipinski definition) is 1. The summed E-state index contributed by atoms with van der Waals surface area (Å²) in [6, 6.07) is 5.90. The zero-order chi connectivity index (χ0) is 15.2. The summed E-state index contributed by atoms with van der Waals surface area (Å²) in [5.74, 6) is 2.58. The van der Waals surface area contributed by atoms with Crippen molar-refractivity contribution in [3.63, 3.8) is 0 Å². The molecule has 0 aliphatic heterocycles. The van der Waals surface area contributed by atoms with Gasteiger partial charge < -0.3 is 14.6 Å². The molecule has 0 saturated carbocycles. The topological polar surface area (TPSA) is 41.3 Å². The van der Waals surface area contributed by atoms with Crippen molar-refractivity contribution in [2.24, 2.45) is 0 Å². The Labute approximate surface area is 131 Å². The SMILES string of the molecule is CCCNCc1cnc(N(C)Cc2ccc(C)o2)c(Cl)c1. The summed E-state index contributed by atoms with van der Waals surface area (Å²) in [7, 11) is 1.96. The molecular formula is C16H22ClN3O. The lowest BCUT2D eigenvalue weighted by atomic mass is 10.2. The van der Waals surface area contributed by atoms with E-state index in [2.05, 4.69) is 17.2 Å². The number of anilines is 1.